The lowest BCUT2D eigenvalue weighted by Gasteiger charge is -2.17. The molecule has 1 aliphatic heterocycles. The van der Waals surface area contributed by atoms with Crippen molar-refractivity contribution in [2.45, 2.75) is 17.8 Å². The molecule has 0 aromatic carbocycles. The summed E-state index contributed by atoms with van der Waals surface area (Å²) in [7, 11) is -4.92. The van der Waals surface area contributed by atoms with Gasteiger partial charge in [-0.1, -0.05) is 0 Å². The topological polar surface area (TPSA) is 67.3 Å². The zero-order valence-corrected chi connectivity index (χ0v) is 10.6. The van der Waals surface area contributed by atoms with Gasteiger partial charge >= 0.3 is 16.4 Å². The molecular formula is C10H8F4N2O3S. The van der Waals surface area contributed by atoms with Crippen molar-refractivity contribution in [1.29, 1.82) is 0 Å². The van der Waals surface area contributed by atoms with Crippen molar-refractivity contribution in [3.8, 4) is 0 Å². The molecule has 2 heterocycles. The first-order valence-electron chi connectivity index (χ1n) is 5.36. The lowest BCUT2D eigenvalue weighted by Crippen LogP contribution is -2.27. The molecule has 1 saturated heterocycles. The molecule has 1 unspecified atom stereocenters. The Bertz CT molecular complexity index is 644. The first-order chi connectivity index (χ1) is 9.09. The molecule has 2 rings (SSSR count). The second kappa shape index (κ2) is 4.69. The first kappa shape index (κ1) is 14.7. The molecule has 1 aliphatic rings. The molecule has 0 bridgehead atoms. The summed E-state index contributed by atoms with van der Waals surface area (Å²) in [5, 5.41) is -1.56. The summed E-state index contributed by atoms with van der Waals surface area (Å²) in [5.41, 5.74) is -1.38. The molecule has 0 aliphatic carbocycles. The van der Waals surface area contributed by atoms with Crippen LogP contribution in [0.25, 0.3) is 0 Å². The number of rotatable bonds is 2. The molecule has 10 heteroatoms. The van der Waals surface area contributed by atoms with Crippen LogP contribution >= 0.6 is 0 Å². The van der Waals surface area contributed by atoms with E-state index < -0.39 is 46.2 Å². The molecule has 20 heavy (non-hydrogen) atoms. The van der Waals surface area contributed by atoms with Gasteiger partial charge in [0.15, 0.2) is 0 Å². The third-order valence-corrected chi connectivity index (χ3v) is 3.95. The molecule has 1 atom stereocenters. The Morgan fingerprint density at radius 1 is 1.35 bits per heavy atom. The number of carbonyl (C=O) groups excluding carboxylic acids is 1. The van der Waals surface area contributed by atoms with E-state index in [1.54, 1.807) is 0 Å². The molecule has 1 aromatic heterocycles. The van der Waals surface area contributed by atoms with Gasteiger partial charge in [0.25, 0.3) is 0 Å². The molecule has 1 amide bonds. The van der Waals surface area contributed by atoms with Crippen LogP contribution in [0.5, 0.6) is 0 Å². The Morgan fingerprint density at radius 2 is 2.00 bits per heavy atom. The number of hydrogen-bond donors (Lipinski definition) is 0. The van der Waals surface area contributed by atoms with E-state index in [0.717, 1.165) is 17.2 Å². The van der Waals surface area contributed by atoms with E-state index >= 15 is 0 Å². The number of pyridine rings is 1. The van der Waals surface area contributed by atoms with Gasteiger partial charge in [-0.2, -0.15) is 21.6 Å². The number of hydrogen-bond acceptors (Lipinski definition) is 4. The number of nitrogens with zero attached hydrogens (tertiary/aromatic N) is 2. The van der Waals surface area contributed by atoms with Gasteiger partial charge in [-0.15, -0.1) is 3.89 Å². The number of amides is 1. The van der Waals surface area contributed by atoms with Crippen LogP contribution in [0.2, 0.25) is 0 Å². The summed E-state index contributed by atoms with van der Waals surface area (Å²) >= 11 is 0. The van der Waals surface area contributed by atoms with Gasteiger partial charge in [-0.05, 0) is 12.1 Å². The van der Waals surface area contributed by atoms with Crippen LogP contribution in [0.4, 0.5) is 22.7 Å². The van der Waals surface area contributed by atoms with E-state index in [1.165, 1.54) is 0 Å². The van der Waals surface area contributed by atoms with Crippen LogP contribution in [0.3, 0.4) is 0 Å². The zero-order valence-electron chi connectivity index (χ0n) is 9.76. The lowest BCUT2D eigenvalue weighted by atomic mass is 10.3. The number of halogens is 4. The molecular weight excluding hydrogens is 304 g/mol. The van der Waals surface area contributed by atoms with Crippen LogP contribution < -0.4 is 4.90 Å². The maximum absolute atomic E-state index is 12.8. The minimum atomic E-state index is -4.92. The van der Waals surface area contributed by atoms with Gasteiger partial charge in [-0.3, -0.25) is 9.78 Å². The van der Waals surface area contributed by atoms with E-state index in [0.29, 0.717) is 6.07 Å². The quantitative estimate of drug-likeness (QED) is 0.613. The lowest BCUT2D eigenvalue weighted by molar-refractivity contribution is -0.141. The first-order valence-corrected chi connectivity index (χ1v) is 6.81. The Kier molecular flexibility index (Phi) is 3.44. The van der Waals surface area contributed by atoms with E-state index in [9.17, 15) is 30.3 Å². The van der Waals surface area contributed by atoms with E-state index in [2.05, 4.69) is 4.98 Å². The predicted molar refractivity (Wildman–Crippen MR) is 60.0 cm³/mol. The van der Waals surface area contributed by atoms with Gasteiger partial charge in [0.1, 0.15) is 10.9 Å². The highest BCUT2D eigenvalue weighted by Gasteiger charge is 2.40. The van der Waals surface area contributed by atoms with Gasteiger partial charge < -0.3 is 4.90 Å². The van der Waals surface area contributed by atoms with Crippen molar-refractivity contribution in [2.24, 2.45) is 0 Å². The van der Waals surface area contributed by atoms with Crippen LogP contribution in [-0.2, 0) is 21.2 Å². The zero-order chi connectivity index (χ0) is 15.1. The molecule has 0 saturated carbocycles. The van der Waals surface area contributed by atoms with Crippen molar-refractivity contribution < 1.29 is 30.3 Å². The molecule has 110 valence electrons. The minimum absolute atomic E-state index is 0.163. The molecule has 0 N–H and O–H groups in total. The Morgan fingerprint density at radius 3 is 2.50 bits per heavy atom. The third-order valence-electron chi connectivity index (χ3n) is 2.83. The largest absolute Gasteiger partial charge is 0.433 e. The summed E-state index contributed by atoms with van der Waals surface area (Å²) in [6.45, 7) is -0.515. The monoisotopic (exact) mass is 312 g/mol. The number of carbonyl (C=O) groups is 1. The van der Waals surface area contributed by atoms with Crippen LogP contribution in [0.15, 0.2) is 18.3 Å². The second-order valence-electron chi connectivity index (χ2n) is 4.20. The van der Waals surface area contributed by atoms with Crippen LogP contribution in [0.1, 0.15) is 12.1 Å². The van der Waals surface area contributed by atoms with Gasteiger partial charge in [0.05, 0.1) is 0 Å². The minimum Gasteiger partial charge on any atom is -0.311 e. The number of aromatic nitrogens is 1. The predicted octanol–water partition coefficient (Wildman–Crippen LogP) is 1.50. The highest BCUT2D eigenvalue weighted by atomic mass is 32.3. The maximum atomic E-state index is 12.8. The normalized spacial score (nSPS) is 20.5. The summed E-state index contributed by atoms with van der Waals surface area (Å²) in [4.78, 5) is 15.5. The Hall–Kier alpha value is -1.71. The fourth-order valence-corrected chi connectivity index (χ4v) is 2.52. The number of anilines is 1. The van der Waals surface area contributed by atoms with Crippen molar-refractivity contribution in [2.75, 3.05) is 11.4 Å². The molecule has 0 radical (unpaired) electrons. The Labute approximate surface area is 111 Å². The fourth-order valence-electron chi connectivity index (χ4n) is 1.86. The second-order valence-corrected chi connectivity index (χ2v) is 5.82. The summed E-state index contributed by atoms with van der Waals surface area (Å²) in [5.74, 6) is -0.754. The molecule has 1 fully saturated rings. The van der Waals surface area contributed by atoms with Crippen LogP contribution in [-0.4, -0.2) is 31.1 Å². The summed E-state index contributed by atoms with van der Waals surface area (Å²) in [6, 6.07) is 1.74. The molecule has 5 nitrogen and oxygen atoms in total. The standard InChI is InChI=1S/C10H8F4N2O3S/c11-10(12,13)8-3-6(1-2-15-8)16-5-7(4-9(16)17)20(14,18)19/h1-3,7H,4-5H2. The van der Waals surface area contributed by atoms with Gasteiger partial charge in [-0.25, -0.2) is 0 Å². The number of alkyl halides is 3. The highest BCUT2D eigenvalue weighted by Crippen LogP contribution is 2.32. The van der Waals surface area contributed by atoms with Crippen molar-refractivity contribution in [3.63, 3.8) is 0 Å². The summed E-state index contributed by atoms with van der Waals surface area (Å²) < 4.78 is 71.8. The van der Waals surface area contributed by atoms with Gasteiger partial charge in [0, 0.05) is 24.8 Å². The maximum Gasteiger partial charge on any atom is 0.433 e. The van der Waals surface area contributed by atoms with E-state index in [4.69, 9.17) is 0 Å². The Balaban J connectivity index is 2.32. The van der Waals surface area contributed by atoms with Crippen molar-refractivity contribution >= 4 is 21.8 Å². The van der Waals surface area contributed by atoms with Crippen LogP contribution in [0, 0.1) is 0 Å². The van der Waals surface area contributed by atoms with Crippen molar-refractivity contribution in [3.05, 3.63) is 24.0 Å². The highest BCUT2D eigenvalue weighted by molar-refractivity contribution is 7.87. The summed E-state index contributed by atoms with van der Waals surface area (Å²) in [6.07, 6.45) is -4.43. The third kappa shape index (κ3) is 2.89. The van der Waals surface area contributed by atoms with Gasteiger partial charge in [0.2, 0.25) is 5.91 Å². The van der Waals surface area contributed by atoms with E-state index in [1.807, 2.05) is 0 Å². The SMILES string of the molecule is O=C1CC(S(=O)(=O)F)CN1c1ccnc(C(F)(F)F)c1. The average Bonchev–Trinajstić information content (AvgIpc) is 2.70. The smallest absolute Gasteiger partial charge is 0.311 e. The molecule has 0 spiro atoms. The molecule has 1 aromatic rings. The fraction of sp³-hybridized carbons (Fsp3) is 0.400. The van der Waals surface area contributed by atoms with Crippen molar-refractivity contribution in [1.82, 2.24) is 4.98 Å². The van der Waals surface area contributed by atoms with E-state index in [-0.39, 0.29) is 5.69 Å². The average molecular weight is 312 g/mol.